The summed E-state index contributed by atoms with van der Waals surface area (Å²) in [4.78, 5) is 16.2. The second kappa shape index (κ2) is 6.97. The molecule has 0 aromatic heterocycles. The fourth-order valence-electron chi connectivity index (χ4n) is 0.835. The molecule has 0 saturated heterocycles. The molecule has 0 atom stereocenters. The summed E-state index contributed by atoms with van der Waals surface area (Å²) in [6.45, 7) is 7.69. The Kier molecular flexibility index (Phi) is 6.79. The summed E-state index contributed by atoms with van der Waals surface area (Å²) in [6, 6.07) is 1.27. The van der Waals surface area contributed by atoms with Crippen LogP contribution in [0.25, 0.3) is 0 Å². The van der Waals surface area contributed by atoms with Gasteiger partial charge in [0.25, 0.3) is 0 Å². The minimum Gasteiger partial charge on any atom is -0.305 e. The van der Waals surface area contributed by atoms with Gasteiger partial charge in [0, 0.05) is 15.8 Å². The van der Waals surface area contributed by atoms with Crippen LogP contribution in [0.4, 0.5) is 0 Å². The first-order valence-electron chi connectivity index (χ1n) is 5.43. The molecule has 15 heavy (non-hydrogen) atoms. The topological polar surface area (TPSA) is 35.5 Å². The molecule has 3 nitrogen and oxygen atoms in total. The summed E-state index contributed by atoms with van der Waals surface area (Å²) in [5, 5.41) is 0. The van der Waals surface area contributed by atoms with Gasteiger partial charge in [0.2, 0.25) is 8.32 Å². The van der Waals surface area contributed by atoms with Gasteiger partial charge in [0.15, 0.2) is 0 Å². The molecule has 0 aliphatic heterocycles. The predicted molar refractivity (Wildman–Crippen MR) is 68.3 cm³/mol. The van der Waals surface area contributed by atoms with Crippen molar-refractivity contribution in [3.05, 3.63) is 11.6 Å². The van der Waals surface area contributed by atoms with Gasteiger partial charge in [-0.25, -0.2) is 9.37 Å². The molecule has 0 saturated carbocycles. The molecule has 0 spiro atoms. The van der Waals surface area contributed by atoms with Crippen LogP contribution in [-0.2, 0) is 14.3 Å². The molecule has 0 radical (unpaired) electrons. The molecule has 5 heteroatoms. The molecule has 88 valence electrons. The zero-order chi connectivity index (χ0) is 11.9. The first-order valence-corrected chi connectivity index (χ1v) is 10.3. The third-order valence-electron chi connectivity index (χ3n) is 1.70. The van der Waals surface area contributed by atoms with E-state index in [4.69, 9.17) is 9.46 Å². The molecular formula is C10H22O3Si2. The average molecular weight is 246 g/mol. The van der Waals surface area contributed by atoms with Crippen LogP contribution in [-0.4, -0.2) is 24.5 Å². The van der Waals surface area contributed by atoms with Crippen LogP contribution in [0.1, 0.15) is 19.8 Å². The SMILES string of the molecule is CC(=CCCC[SiH3])C(=O)OO[Si](C)(C)C. The quantitative estimate of drug-likeness (QED) is 0.236. The molecule has 0 aromatic rings. The smallest absolute Gasteiger partial charge is 0.305 e. The summed E-state index contributed by atoms with van der Waals surface area (Å²) < 4.78 is 5.07. The molecule has 0 heterocycles. The summed E-state index contributed by atoms with van der Waals surface area (Å²) in [7, 11) is -0.543. The van der Waals surface area contributed by atoms with E-state index in [-0.39, 0.29) is 5.97 Å². The van der Waals surface area contributed by atoms with Crippen molar-refractivity contribution in [1.29, 1.82) is 0 Å². The van der Waals surface area contributed by atoms with Crippen molar-refractivity contribution < 1.29 is 14.3 Å². The van der Waals surface area contributed by atoms with E-state index in [1.807, 2.05) is 25.7 Å². The van der Waals surface area contributed by atoms with Gasteiger partial charge in [-0.3, -0.25) is 0 Å². The average Bonchev–Trinajstić information content (AvgIpc) is 2.13. The number of allylic oxidation sites excluding steroid dienone is 1. The van der Waals surface area contributed by atoms with Crippen LogP contribution < -0.4 is 0 Å². The van der Waals surface area contributed by atoms with Gasteiger partial charge in [0.1, 0.15) is 0 Å². The van der Waals surface area contributed by atoms with Crippen molar-refractivity contribution in [2.45, 2.75) is 45.5 Å². The number of carbonyl (C=O) groups is 1. The van der Waals surface area contributed by atoms with E-state index in [2.05, 4.69) is 0 Å². The highest BCUT2D eigenvalue weighted by atomic mass is 28.4. The van der Waals surface area contributed by atoms with Crippen molar-refractivity contribution in [1.82, 2.24) is 0 Å². The maximum absolute atomic E-state index is 11.4. The minimum absolute atomic E-state index is 0.356. The number of rotatable bonds is 6. The first-order chi connectivity index (χ1) is 6.87. The highest BCUT2D eigenvalue weighted by Gasteiger charge is 2.19. The standard InChI is InChI=1S/C10H22O3Si2/c1-9(7-5-6-8-14)10(11)12-13-15(2,3)4/h7H,5-6,8H2,1-4,14H3. The molecule has 0 rings (SSSR count). The van der Waals surface area contributed by atoms with Gasteiger partial charge in [-0.05, 0) is 33.0 Å². The van der Waals surface area contributed by atoms with Crippen LogP contribution in [0.2, 0.25) is 25.7 Å². The first kappa shape index (κ1) is 14.6. The lowest BCUT2D eigenvalue weighted by Gasteiger charge is -2.14. The molecular weight excluding hydrogens is 224 g/mol. The second-order valence-electron chi connectivity index (χ2n) is 4.60. The van der Waals surface area contributed by atoms with Gasteiger partial charge in [-0.1, -0.05) is 18.5 Å². The Bertz CT molecular complexity index is 231. The predicted octanol–water partition coefficient (Wildman–Crippen LogP) is 1.81. The Labute approximate surface area is 96.3 Å². The van der Waals surface area contributed by atoms with E-state index in [0.717, 1.165) is 12.8 Å². The Morgan fingerprint density at radius 1 is 1.40 bits per heavy atom. The summed E-state index contributed by atoms with van der Waals surface area (Å²) in [6.07, 6.45) is 4.04. The Balaban J connectivity index is 3.94. The Hall–Kier alpha value is -0.396. The largest absolute Gasteiger partial charge is 0.367 e. The van der Waals surface area contributed by atoms with Crippen LogP contribution in [0.15, 0.2) is 11.6 Å². The highest BCUT2D eigenvalue weighted by molar-refractivity contribution is 6.69. The summed E-state index contributed by atoms with van der Waals surface area (Å²) >= 11 is 0. The molecule has 0 aromatic carbocycles. The van der Waals surface area contributed by atoms with E-state index >= 15 is 0 Å². The van der Waals surface area contributed by atoms with Crippen molar-refractivity contribution in [2.24, 2.45) is 0 Å². The van der Waals surface area contributed by atoms with Crippen molar-refractivity contribution in [3.63, 3.8) is 0 Å². The molecule has 0 fully saturated rings. The zero-order valence-corrected chi connectivity index (χ0v) is 13.4. The van der Waals surface area contributed by atoms with Crippen LogP contribution >= 0.6 is 0 Å². The second-order valence-corrected chi connectivity index (χ2v) is 9.99. The fraction of sp³-hybridized carbons (Fsp3) is 0.700. The van der Waals surface area contributed by atoms with Crippen molar-refractivity contribution >= 4 is 24.5 Å². The normalized spacial score (nSPS) is 12.9. The van der Waals surface area contributed by atoms with E-state index in [1.165, 1.54) is 16.3 Å². The molecule has 0 aliphatic carbocycles. The van der Waals surface area contributed by atoms with Crippen LogP contribution in [0.3, 0.4) is 0 Å². The summed E-state index contributed by atoms with van der Waals surface area (Å²) in [5.74, 6) is -0.356. The van der Waals surface area contributed by atoms with E-state index in [0.29, 0.717) is 5.57 Å². The fourth-order valence-corrected chi connectivity index (χ4v) is 1.57. The van der Waals surface area contributed by atoms with Gasteiger partial charge in [-0.15, -0.1) is 0 Å². The molecule has 0 bridgehead atoms. The molecule has 0 unspecified atom stereocenters. The highest BCUT2D eigenvalue weighted by Crippen LogP contribution is 2.07. The number of hydrogen-bond acceptors (Lipinski definition) is 3. The Morgan fingerprint density at radius 2 is 2.00 bits per heavy atom. The molecule has 0 N–H and O–H groups in total. The van der Waals surface area contributed by atoms with Gasteiger partial charge in [0.05, 0.1) is 0 Å². The minimum atomic E-state index is -1.77. The van der Waals surface area contributed by atoms with Crippen molar-refractivity contribution in [3.8, 4) is 0 Å². The third-order valence-corrected chi connectivity index (χ3v) is 2.99. The van der Waals surface area contributed by atoms with Gasteiger partial charge < -0.3 is 4.89 Å². The van der Waals surface area contributed by atoms with Crippen molar-refractivity contribution in [2.75, 3.05) is 0 Å². The zero-order valence-electron chi connectivity index (χ0n) is 10.4. The maximum atomic E-state index is 11.4. The van der Waals surface area contributed by atoms with Crippen LogP contribution in [0.5, 0.6) is 0 Å². The number of hydrogen-bond donors (Lipinski definition) is 0. The lowest BCUT2D eigenvalue weighted by molar-refractivity contribution is -0.214. The van der Waals surface area contributed by atoms with E-state index in [9.17, 15) is 4.79 Å². The van der Waals surface area contributed by atoms with Gasteiger partial charge in [-0.2, -0.15) is 0 Å². The Morgan fingerprint density at radius 3 is 2.47 bits per heavy atom. The van der Waals surface area contributed by atoms with Gasteiger partial charge >= 0.3 is 5.97 Å². The van der Waals surface area contributed by atoms with E-state index < -0.39 is 8.32 Å². The third kappa shape index (κ3) is 8.59. The number of unbranched alkanes of at least 4 members (excludes halogenated alkanes) is 1. The lowest BCUT2D eigenvalue weighted by atomic mass is 10.2. The van der Waals surface area contributed by atoms with Crippen LogP contribution in [0, 0.1) is 0 Å². The molecule has 0 aliphatic rings. The number of carbonyl (C=O) groups excluding carboxylic acids is 1. The molecule has 0 amide bonds. The monoisotopic (exact) mass is 246 g/mol. The maximum Gasteiger partial charge on any atom is 0.367 e. The van der Waals surface area contributed by atoms with E-state index in [1.54, 1.807) is 6.92 Å². The lowest BCUT2D eigenvalue weighted by Crippen LogP contribution is -2.27. The summed E-state index contributed by atoms with van der Waals surface area (Å²) in [5.41, 5.74) is 0.642.